The normalized spacial score (nSPS) is 16.0. The first kappa shape index (κ1) is 14.7. The molecule has 1 aliphatic rings. The molecule has 0 atom stereocenters. The summed E-state index contributed by atoms with van der Waals surface area (Å²) in [5.41, 5.74) is 4.46. The van der Waals surface area contributed by atoms with Gasteiger partial charge in [0.15, 0.2) is 0 Å². The molecule has 0 unspecified atom stereocenters. The Morgan fingerprint density at radius 3 is 2.61 bits per heavy atom. The zero-order chi connectivity index (χ0) is 15.6. The molecule has 3 aromatic rings. The molecule has 0 saturated carbocycles. The van der Waals surface area contributed by atoms with Crippen LogP contribution in [0, 0.1) is 0 Å². The third-order valence-corrected chi connectivity index (χ3v) is 4.53. The second-order valence-electron chi connectivity index (χ2n) is 5.97. The number of halogens is 1. The predicted molar refractivity (Wildman–Crippen MR) is 94.7 cm³/mol. The molecule has 0 amide bonds. The number of aromatic amines is 1. The molecule has 2 N–H and O–H groups in total. The molecule has 1 fully saturated rings. The van der Waals surface area contributed by atoms with E-state index in [-0.39, 0.29) is 0 Å². The van der Waals surface area contributed by atoms with Crippen LogP contribution < -0.4 is 5.32 Å². The van der Waals surface area contributed by atoms with Crippen LogP contribution in [0.15, 0.2) is 42.5 Å². The van der Waals surface area contributed by atoms with Gasteiger partial charge in [-0.2, -0.15) is 0 Å². The molecular weight excluding hydrogens is 308 g/mol. The zero-order valence-corrected chi connectivity index (χ0v) is 13.6. The van der Waals surface area contributed by atoms with Crippen LogP contribution in [0.4, 0.5) is 0 Å². The lowest BCUT2D eigenvalue weighted by atomic mass is 10.2. The van der Waals surface area contributed by atoms with Gasteiger partial charge in [-0.1, -0.05) is 17.7 Å². The maximum Gasteiger partial charge on any atom is 0.138 e. The maximum atomic E-state index is 5.95. The molecule has 5 heteroatoms. The largest absolute Gasteiger partial charge is 0.338 e. The number of hydrogen-bond acceptors (Lipinski definition) is 3. The molecule has 1 saturated heterocycles. The van der Waals surface area contributed by atoms with Gasteiger partial charge in [0.05, 0.1) is 11.0 Å². The Morgan fingerprint density at radius 1 is 1.04 bits per heavy atom. The lowest BCUT2D eigenvalue weighted by Crippen LogP contribution is -2.42. The van der Waals surface area contributed by atoms with Gasteiger partial charge in [-0.05, 0) is 42.0 Å². The number of aromatic nitrogens is 2. The summed E-state index contributed by atoms with van der Waals surface area (Å²) in [4.78, 5) is 10.6. The Bertz CT molecular complexity index is 804. The van der Waals surface area contributed by atoms with Crippen molar-refractivity contribution in [1.82, 2.24) is 20.2 Å². The first-order chi connectivity index (χ1) is 11.3. The van der Waals surface area contributed by atoms with E-state index in [0.717, 1.165) is 60.2 Å². The second-order valence-corrected chi connectivity index (χ2v) is 6.41. The Labute approximate surface area is 140 Å². The van der Waals surface area contributed by atoms with Crippen LogP contribution >= 0.6 is 11.6 Å². The van der Waals surface area contributed by atoms with Gasteiger partial charge in [0.2, 0.25) is 0 Å². The number of benzene rings is 2. The molecular formula is C18H19ClN4. The summed E-state index contributed by atoms with van der Waals surface area (Å²) in [6, 6.07) is 14.2. The molecule has 2 heterocycles. The van der Waals surface area contributed by atoms with E-state index in [1.165, 1.54) is 5.56 Å². The number of nitrogens with one attached hydrogen (secondary N) is 2. The van der Waals surface area contributed by atoms with E-state index in [0.29, 0.717) is 0 Å². The number of hydrogen-bond donors (Lipinski definition) is 2. The minimum absolute atomic E-state index is 0.739. The van der Waals surface area contributed by atoms with Gasteiger partial charge in [-0.25, -0.2) is 4.98 Å². The van der Waals surface area contributed by atoms with Gasteiger partial charge in [-0.15, -0.1) is 0 Å². The smallest absolute Gasteiger partial charge is 0.138 e. The maximum absolute atomic E-state index is 5.95. The number of rotatable bonds is 3. The highest BCUT2D eigenvalue weighted by molar-refractivity contribution is 6.30. The van der Waals surface area contributed by atoms with Crippen LogP contribution in [0.2, 0.25) is 5.02 Å². The molecule has 1 aliphatic heterocycles. The van der Waals surface area contributed by atoms with Crippen molar-refractivity contribution >= 4 is 22.6 Å². The van der Waals surface area contributed by atoms with Crippen molar-refractivity contribution in [3.63, 3.8) is 0 Å². The molecule has 4 rings (SSSR count). The van der Waals surface area contributed by atoms with Crippen LogP contribution in [0.1, 0.15) is 5.56 Å². The van der Waals surface area contributed by atoms with E-state index in [1.807, 2.05) is 24.3 Å². The van der Waals surface area contributed by atoms with E-state index >= 15 is 0 Å². The third-order valence-electron chi connectivity index (χ3n) is 4.28. The highest BCUT2D eigenvalue weighted by atomic mass is 35.5. The van der Waals surface area contributed by atoms with Crippen molar-refractivity contribution in [1.29, 1.82) is 0 Å². The van der Waals surface area contributed by atoms with Gasteiger partial charge in [-0.3, -0.25) is 4.90 Å². The van der Waals surface area contributed by atoms with Crippen molar-refractivity contribution in [3.8, 4) is 11.4 Å². The van der Waals surface area contributed by atoms with E-state index in [9.17, 15) is 0 Å². The quantitative estimate of drug-likeness (QED) is 0.776. The summed E-state index contributed by atoms with van der Waals surface area (Å²) in [7, 11) is 0. The minimum atomic E-state index is 0.739. The molecule has 4 nitrogen and oxygen atoms in total. The summed E-state index contributed by atoms with van der Waals surface area (Å²) in [6.07, 6.45) is 0. The molecule has 0 spiro atoms. The summed E-state index contributed by atoms with van der Waals surface area (Å²) in [5.74, 6) is 0.885. The number of imidazole rings is 1. The topological polar surface area (TPSA) is 44.0 Å². The fourth-order valence-corrected chi connectivity index (χ4v) is 3.15. The lowest BCUT2D eigenvalue weighted by Gasteiger charge is -2.27. The minimum Gasteiger partial charge on any atom is -0.338 e. The van der Waals surface area contributed by atoms with Crippen molar-refractivity contribution < 1.29 is 0 Å². The van der Waals surface area contributed by atoms with E-state index < -0.39 is 0 Å². The Balaban J connectivity index is 1.60. The van der Waals surface area contributed by atoms with E-state index in [4.69, 9.17) is 11.6 Å². The fourth-order valence-electron chi connectivity index (χ4n) is 3.03. The number of nitrogens with zero attached hydrogens (tertiary/aromatic N) is 2. The van der Waals surface area contributed by atoms with Crippen LogP contribution in [0.25, 0.3) is 22.4 Å². The third kappa shape index (κ3) is 3.24. The molecule has 2 aromatic carbocycles. The molecule has 0 bridgehead atoms. The van der Waals surface area contributed by atoms with Crippen LogP contribution in [0.3, 0.4) is 0 Å². The molecule has 23 heavy (non-hydrogen) atoms. The molecule has 118 valence electrons. The van der Waals surface area contributed by atoms with Gasteiger partial charge >= 0.3 is 0 Å². The van der Waals surface area contributed by atoms with Crippen LogP contribution in [-0.4, -0.2) is 41.0 Å². The highest BCUT2D eigenvalue weighted by Crippen LogP contribution is 2.23. The first-order valence-corrected chi connectivity index (χ1v) is 8.33. The van der Waals surface area contributed by atoms with E-state index in [1.54, 1.807) is 0 Å². The van der Waals surface area contributed by atoms with E-state index in [2.05, 4.69) is 38.4 Å². The molecule has 0 aliphatic carbocycles. The number of piperazine rings is 1. The Hall–Kier alpha value is -1.88. The standard InChI is InChI=1S/C18H19ClN4/c19-15-4-2-14(3-5-15)18-21-16-6-1-13(11-17(16)22-18)12-23-9-7-20-8-10-23/h1-6,11,20H,7-10,12H2,(H,21,22). The highest BCUT2D eigenvalue weighted by Gasteiger charge is 2.11. The number of fused-ring (bicyclic) bond motifs is 1. The lowest BCUT2D eigenvalue weighted by molar-refractivity contribution is 0.233. The van der Waals surface area contributed by atoms with Crippen LogP contribution in [-0.2, 0) is 6.54 Å². The Morgan fingerprint density at radius 2 is 1.83 bits per heavy atom. The number of H-pyrrole nitrogens is 1. The first-order valence-electron chi connectivity index (χ1n) is 7.95. The van der Waals surface area contributed by atoms with Crippen LogP contribution in [0.5, 0.6) is 0 Å². The van der Waals surface area contributed by atoms with Crippen molar-refractivity contribution in [2.45, 2.75) is 6.54 Å². The summed E-state index contributed by atoms with van der Waals surface area (Å²) < 4.78 is 0. The van der Waals surface area contributed by atoms with Gasteiger partial charge < -0.3 is 10.3 Å². The average molecular weight is 327 g/mol. The summed E-state index contributed by atoms with van der Waals surface area (Å²) in [5, 5.41) is 4.13. The van der Waals surface area contributed by atoms with Crippen molar-refractivity contribution in [3.05, 3.63) is 53.1 Å². The fraction of sp³-hybridized carbons (Fsp3) is 0.278. The predicted octanol–water partition coefficient (Wildman–Crippen LogP) is 3.29. The van der Waals surface area contributed by atoms with Crippen molar-refractivity contribution in [2.24, 2.45) is 0 Å². The van der Waals surface area contributed by atoms with Gasteiger partial charge in [0.1, 0.15) is 5.82 Å². The second kappa shape index (κ2) is 6.32. The average Bonchev–Trinajstić information content (AvgIpc) is 3.00. The summed E-state index contributed by atoms with van der Waals surface area (Å²) in [6.45, 7) is 5.36. The molecule has 0 radical (unpaired) electrons. The molecule has 1 aromatic heterocycles. The van der Waals surface area contributed by atoms with Crippen molar-refractivity contribution in [2.75, 3.05) is 26.2 Å². The zero-order valence-electron chi connectivity index (χ0n) is 12.8. The SMILES string of the molecule is Clc1ccc(-c2nc3ccc(CN4CCNCC4)cc3[nH]2)cc1. The monoisotopic (exact) mass is 326 g/mol. The van der Waals surface area contributed by atoms with Gasteiger partial charge in [0.25, 0.3) is 0 Å². The Kier molecular flexibility index (Phi) is 4.04. The van der Waals surface area contributed by atoms with Gasteiger partial charge in [0, 0.05) is 43.3 Å². The summed E-state index contributed by atoms with van der Waals surface area (Å²) >= 11 is 5.95.